The van der Waals surface area contributed by atoms with Gasteiger partial charge in [-0.3, -0.25) is 24.0 Å². The minimum Gasteiger partial charge on any atom is -0.497 e. The van der Waals surface area contributed by atoms with Crippen molar-refractivity contribution in [3.63, 3.8) is 0 Å². The molecular weight excluding hydrogens is 809 g/mol. The summed E-state index contributed by atoms with van der Waals surface area (Å²) >= 11 is 5.79. The van der Waals surface area contributed by atoms with Crippen molar-refractivity contribution in [1.82, 2.24) is 20.9 Å². The number of carbonyl (C=O) groups excluding carboxylic acids is 5. The molecule has 0 unspecified atom stereocenters. The molecule has 1 aliphatic rings. The van der Waals surface area contributed by atoms with Crippen LogP contribution in [0.1, 0.15) is 31.4 Å². The summed E-state index contributed by atoms with van der Waals surface area (Å²) in [7, 11) is -1.90. The average molecular weight is 847 g/mol. The van der Waals surface area contributed by atoms with Gasteiger partial charge in [0.2, 0.25) is 17.6 Å². The van der Waals surface area contributed by atoms with Gasteiger partial charge in [0.1, 0.15) is 24.4 Å². The van der Waals surface area contributed by atoms with E-state index in [-0.39, 0.29) is 10.6 Å². The second kappa shape index (κ2) is 18.2. The molecule has 4 atom stereocenters. The number of nitrogens with one attached hydrogen (secondary N) is 3. The van der Waals surface area contributed by atoms with Crippen molar-refractivity contribution in [3.05, 3.63) is 64.7 Å². The Balaban J connectivity index is 1.99. The lowest BCUT2D eigenvalue weighted by molar-refractivity contribution is -0.165. The fourth-order valence-corrected chi connectivity index (χ4v) is 7.56. The summed E-state index contributed by atoms with van der Waals surface area (Å²) in [6, 6.07) is 3.63. The molecule has 1 saturated heterocycles. The van der Waals surface area contributed by atoms with E-state index in [9.17, 15) is 54.3 Å². The van der Waals surface area contributed by atoms with Gasteiger partial charge in [-0.1, -0.05) is 49.7 Å². The quantitative estimate of drug-likeness (QED) is 0.160. The minimum absolute atomic E-state index is 0.148. The van der Waals surface area contributed by atoms with Crippen LogP contribution < -0.4 is 20.7 Å². The largest absolute Gasteiger partial charge is 0.497 e. The number of halogens is 8. The van der Waals surface area contributed by atoms with Gasteiger partial charge in [0.05, 0.1) is 30.8 Å². The molecule has 1 fully saturated rings. The van der Waals surface area contributed by atoms with E-state index in [2.05, 4.69) is 0 Å². The highest BCUT2D eigenvalue weighted by molar-refractivity contribution is 7.91. The molecule has 4 amide bonds. The van der Waals surface area contributed by atoms with Crippen molar-refractivity contribution in [2.45, 2.75) is 67.4 Å². The number of nitrogens with zero attached hydrogens (tertiary/aromatic N) is 1. The Morgan fingerprint density at radius 1 is 0.929 bits per heavy atom. The molecular formula is C34H38ClF7N4O9S. The lowest BCUT2D eigenvalue weighted by atomic mass is 9.94. The number of rotatable bonds is 17. The van der Waals surface area contributed by atoms with E-state index in [1.54, 1.807) is 0 Å². The Morgan fingerprint density at radius 2 is 1.55 bits per heavy atom. The maximum Gasteiger partial charge on any atom is 0.405 e. The number of methoxy groups -OCH3 is 2. The molecule has 13 nitrogen and oxygen atoms in total. The van der Waals surface area contributed by atoms with Crippen LogP contribution in [0, 0.1) is 5.92 Å². The number of likely N-dealkylation sites (tertiary alicyclic amines) is 1. The standard InChI is InChI=1S/C34H38ClF7N4O9S/c1-18(2)26(27(47)34(41,42)30(50)43-17-32(36,37)38)45-28(48)25-13-23(56(52,53)16-19-8-10-22(55-4)11-9-19)14-46(25)29(49)24(15-54-3)44-31(51)33(39,40)20-6-5-7-21(35)12-20/h5-12,18,23-26H,13-17H2,1-4H3,(H,43,50)(H,44,51)(H,45,48)/t23-,24+,25+,26+/m1/s1. The van der Waals surface area contributed by atoms with Gasteiger partial charge in [0, 0.05) is 24.2 Å². The van der Waals surface area contributed by atoms with Crippen molar-refractivity contribution in [3.8, 4) is 5.75 Å². The first-order valence-corrected chi connectivity index (χ1v) is 18.6. The maximum atomic E-state index is 15.2. The highest BCUT2D eigenvalue weighted by atomic mass is 35.5. The molecule has 0 saturated carbocycles. The first-order chi connectivity index (χ1) is 25.8. The van der Waals surface area contributed by atoms with Gasteiger partial charge >= 0.3 is 18.0 Å². The van der Waals surface area contributed by atoms with Gasteiger partial charge in [-0.05, 0) is 42.2 Å². The van der Waals surface area contributed by atoms with E-state index in [1.807, 2.05) is 10.6 Å². The highest BCUT2D eigenvalue weighted by Crippen LogP contribution is 2.32. The van der Waals surface area contributed by atoms with E-state index in [0.29, 0.717) is 10.6 Å². The maximum absolute atomic E-state index is 15.2. The summed E-state index contributed by atoms with van der Waals surface area (Å²) in [5.74, 6) is -20.6. The molecule has 2 aromatic carbocycles. The number of carbonyl (C=O) groups is 5. The summed E-state index contributed by atoms with van der Waals surface area (Å²) in [4.78, 5) is 66.2. The van der Waals surface area contributed by atoms with Crippen molar-refractivity contribution < 1.29 is 72.6 Å². The molecule has 22 heteroatoms. The van der Waals surface area contributed by atoms with Crippen LogP contribution in [0.25, 0.3) is 0 Å². The molecule has 0 spiro atoms. The Kier molecular flexibility index (Phi) is 14.9. The zero-order chi connectivity index (χ0) is 42.4. The molecule has 0 aliphatic carbocycles. The minimum atomic E-state index is -5.12. The van der Waals surface area contributed by atoms with Gasteiger partial charge in [0.15, 0.2) is 9.84 Å². The number of sulfone groups is 1. The first-order valence-electron chi connectivity index (χ1n) is 16.5. The van der Waals surface area contributed by atoms with E-state index in [1.165, 1.54) is 37.4 Å². The molecule has 1 aliphatic heterocycles. The lowest BCUT2D eigenvalue weighted by Crippen LogP contribution is -2.60. The van der Waals surface area contributed by atoms with Gasteiger partial charge in [-0.25, -0.2) is 8.42 Å². The Labute approximate surface area is 321 Å². The SMILES string of the molecule is COC[C@H](NC(=O)C(F)(F)c1cccc(Cl)c1)C(=O)N1C[C@H](S(=O)(=O)Cc2ccc(OC)cc2)C[C@H]1C(=O)N[C@H](C(=O)C(F)(F)C(=O)NCC(F)(F)F)C(C)C. The zero-order valence-corrected chi connectivity index (χ0v) is 31.7. The first kappa shape index (κ1) is 45.9. The van der Waals surface area contributed by atoms with Crippen LogP contribution in [0.15, 0.2) is 48.5 Å². The predicted molar refractivity (Wildman–Crippen MR) is 184 cm³/mol. The highest BCUT2D eigenvalue weighted by Gasteiger charge is 2.53. The van der Waals surface area contributed by atoms with Crippen molar-refractivity contribution in [1.29, 1.82) is 0 Å². The van der Waals surface area contributed by atoms with E-state index in [0.717, 1.165) is 44.5 Å². The van der Waals surface area contributed by atoms with Crippen molar-refractivity contribution in [2.24, 2.45) is 5.92 Å². The van der Waals surface area contributed by atoms with Crippen molar-refractivity contribution >= 4 is 50.9 Å². The van der Waals surface area contributed by atoms with Crippen LogP contribution in [0.3, 0.4) is 0 Å². The molecule has 0 radical (unpaired) electrons. The van der Waals surface area contributed by atoms with Gasteiger partial charge < -0.3 is 30.3 Å². The topological polar surface area (TPSA) is 177 Å². The number of amides is 4. The summed E-state index contributed by atoms with van der Waals surface area (Å²) in [5, 5.41) is 2.96. The van der Waals surface area contributed by atoms with Crippen molar-refractivity contribution in [2.75, 3.05) is 33.9 Å². The second-order valence-corrected chi connectivity index (χ2v) is 15.8. The molecule has 2 aromatic rings. The van der Waals surface area contributed by atoms with E-state index in [4.69, 9.17) is 21.1 Å². The monoisotopic (exact) mass is 846 g/mol. The van der Waals surface area contributed by atoms with Crippen LogP contribution >= 0.6 is 11.6 Å². The third-order valence-corrected chi connectivity index (χ3v) is 10.9. The summed E-state index contributed by atoms with van der Waals surface area (Å²) in [6.45, 7) is -1.53. The third-order valence-electron chi connectivity index (χ3n) is 8.58. The van der Waals surface area contributed by atoms with E-state index >= 15 is 8.78 Å². The number of benzene rings is 2. The van der Waals surface area contributed by atoms with E-state index < -0.39 is 124 Å². The molecule has 56 heavy (non-hydrogen) atoms. The summed E-state index contributed by atoms with van der Waals surface area (Å²) in [5.41, 5.74) is -0.608. The van der Waals surface area contributed by atoms with Crippen LogP contribution in [0.5, 0.6) is 5.75 Å². The van der Waals surface area contributed by atoms with Crippen LogP contribution in [0.4, 0.5) is 30.7 Å². The fourth-order valence-electron chi connectivity index (χ4n) is 5.61. The van der Waals surface area contributed by atoms with Gasteiger partial charge in [0.25, 0.3) is 11.8 Å². The zero-order valence-electron chi connectivity index (χ0n) is 30.1. The van der Waals surface area contributed by atoms with Crippen LogP contribution in [-0.4, -0.2) is 112 Å². The number of alkyl halides is 7. The molecule has 0 bridgehead atoms. The number of hydrogen-bond donors (Lipinski definition) is 3. The Hall–Kier alpha value is -4.50. The Morgan fingerprint density at radius 3 is 2.09 bits per heavy atom. The molecule has 310 valence electrons. The number of ether oxygens (including phenoxy) is 2. The number of ketones is 1. The Bertz CT molecular complexity index is 1880. The number of Topliss-reactive ketones (excluding diaryl/α,β-unsaturated/α-hetero) is 1. The van der Waals surface area contributed by atoms with Crippen LogP contribution in [0.2, 0.25) is 5.02 Å². The van der Waals surface area contributed by atoms with Gasteiger partial charge in [-0.2, -0.15) is 30.7 Å². The molecule has 1 heterocycles. The molecule has 0 aromatic heterocycles. The lowest BCUT2D eigenvalue weighted by Gasteiger charge is -2.31. The third kappa shape index (κ3) is 11.3. The second-order valence-electron chi connectivity index (χ2n) is 13.1. The smallest absolute Gasteiger partial charge is 0.405 e. The molecule has 3 rings (SSSR count). The van der Waals surface area contributed by atoms with Crippen LogP contribution in [-0.2, 0) is 50.2 Å². The normalized spacial score (nSPS) is 17.6. The predicted octanol–water partition coefficient (Wildman–Crippen LogP) is 3.18. The number of hydrogen-bond acceptors (Lipinski definition) is 9. The summed E-state index contributed by atoms with van der Waals surface area (Å²) < 4.78 is 135. The average Bonchev–Trinajstić information content (AvgIpc) is 3.58. The molecule has 3 N–H and O–H groups in total. The fraction of sp³-hybridized carbons (Fsp3) is 0.500. The summed E-state index contributed by atoms with van der Waals surface area (Å²) in [6.07, 6.45) is -5.85. The van der Waals surface area contributed by atoms with Gasteiger partial charge in [-0.15, -0.1) is 0 Å².